The normalized spacial score (nSPS) is 17.1. The Kier molecular flexibility index (Phi) is 10.8. The van der Waals surface area contributed by atoms with E-state index in [0.29, 0.717) is 42.3 Å². The number of azide groups is 1. The third kappa shape index (κ3) is 7.71. The van der Waals surface area contributed by atoms with E-state index in [0.717, 1.165) is 21.2 Å². The molecule has 0 spiro atoms. The molecule has 1 aliphatic heterocycles. The summed E-state index contributed by atoms with van der Waals surface area (Å²) >= 11 is 3.66. The van der Waals surface area contributed by atoms with Crippen LogP contribution in [-0.4, -0.2) is 35.7 Å². The SMILES string of the molecule is [N-]=[N+]=NCc1ccccc1[C@@H]1OC(c2ccc(OCCCO)cc2)=N[C@]1(Cc1ccccc1Br)C(=O)NNCc1ccccc1. The van der Waals surface area contributed by atoms with E-state index in [1.807, 2.05) is 91.0 Å². The molecule has 0 saturated heterocycles. The summed E-state index contributed by atoms with van der Waals surface area (Å²) < 4.78 is 13.2. The van der Waals surface area contributed by atoms with Gasteiger partial charge in [0.1, 0.15) is 5.75 Å². The van der Waals surface area contributed by atoms with Crippen LogP contribution in [0.1, 0.15) is 40.3 Å². The van der Waals surface area contributed by atoms with Gasteiger partial charge in [0.2, 0.25) is 5.90 Å². The number of hydrazine groups is 1. The van der Waals surface area contributed by atoms with Crippen LogP contribution < -0.4 is 15.6 Å². The first-order valence-electron chi connectivity index (χ1n) is 14.5. The third-order valence-electron chi connectivity index (χ3n) is 7.43. The zero-order valence-electron chi connectivity index (χ0n) is 24.5. The van der Waals surface area contributed by atoms with Crippen molar-refractivity contribution in [1.82, 2.24) is 10.9 Å². The first kappa shape index (κ1) is 31.7. The maximum atomic E-state index is 14.5. The van der Waals surface area contributed by atoms with Crippen molar-refractivity contribution in [3.63, 3.8) is 0 Å². The van der Waals surface area contributed by atoms with Crippen molar-refractivity contribution in [1.29, 1.82) is 0 Å². The minimum Gasteiger partial charge on any atom is -0.494 e. The molecule has 0 saturated carbocycles. The van der Waals surface area contributed by atoms with Gasteiger partial charge in [0.05, 0.1) is 13.2 Å². The minimum absolute atomic E-state index is 0.0488. The smallest absolute Gasteiger partial charge is 0.266 e. The molecule has 3 N–H and O–H groups in total. The molecular formula is C34H33BrN6O4. The van der Waals surface area contributed by atoms with Gasteiger partial charge in [0.25, 0.3) is 5.91 Å². The number of nitrogens with zero attached hydrogens (tertiary/aromatic N) is 4. The minimum atomic E-state index is -1.45. The molecule has 1 amide bonds. The summed E-state index contributed by atoms with van der Waals surface area (Å²) in [6, 6.07) is 32.2. The lowest BCUT2D eigenvalue weighted by Gasteiger charge is -2.32. The molecule has 2 atom stereocenters. The average molecular weight is 670 g/mol. The first-order chi connectivity index (χ1) is 22.0. The van der Waals surface area contributed by atoms with Crippen LogP contribution >= 0.6 is 15.9 Å². The summed E-state index contributed by atoms with van der Waals surface area (Å²) in [6.07, 6.45) is -0.122. The Labute approximate surface area is 269 Å². The van der Waals surface area contributed by atoms with Gasteiger partial charge in [-0.15, -0.1) is 0 Å². The second-order valence-corrected chi connectivity index (χ2v) is 11.3. The Hall–Kier alpha value is -4.67. The molecule has 0 radical (unpaired) electrons. The molecule has 230 valence electrons. The highest BCUT2D eigenvalue weighted by Crippen LogP contribution is 2.44. The molecule has 10 nitrogen and oxygen atoms in total. The van der Waals surface area contributed by atoms with Crippen molar-refractivity contribution in [2.75, 3.05) is 13.2 Å². The molecule has 0 bridgehead atoms. The predicted octanol–water partition coefficient (Wildman–Crippen LogP) is 6.34. The molecule has 0 unspecified atom stereocenters. The van der Waals surface area contributed by atoms with Crippen molar-refractivity contribution < 1.29 is 19.4 Å². The first-order valence-corrected chi connectivity index (χ1v) is 15.3. The fourth-order valence-corrected chi connectivity index (χ4v) is 5.59. The van der Waals surface area contributed by atoms with Gasteiger partial charge in [-0.3, -0.25) is 10.2 Å². The van der Waals surface area contributed by atoms with E-state index in [1.54, 1.807) is 12.1 Å². The standard InChI is InChI=1S/C34H33BrN6O4/c35-30-14-7-5-11-26(30)21-34(33(43)40-37-22-24-9-2-1-3-10-24)31(29-13-6-4-12-27(29)23-38-41-36)45-32(39-34)25-15-17-28(18-16-25)44-20-8-19-42/h1-7,9-18,31,37,42H,8,19-23H2,(H,40,43)/t31-,34-/m0/s1. The monoisotopic (exact) mass is 668 g/mol. The Morgan fingerprint density at radius 2 is 1.71 bits per heavy atom. The Bertz CT molecular complexity index is 1680. The number of hydrogen-bond acceptors (Lipinski definition) is 7. The highest BCUT2D eigenvalue weighted by molar-refractivity contribution is 9.10. The number of ether oxygens (including phenoxy) is 2. The number of aliphatic hydroxyl groups excluding tert-OH is 1. The van der Waals surface area contributed by atoms with Crippen molar-refractivity contribution in [3.05, 3.63) is 146 Å². The molecule has 11 heteroatoms. The molecule has 5 rings (SSSR count). The predicted molar refractivity (Wildman–Crippen MR) is 175 cm³/mol. The molecule has 45 heavy (non-hydrogen) atoms. The highest BCUT2D eigenvalue weighted by atomic mass is 79.9. The number of hydrogen-bond donors (Lipinski definition) is 3. The van der Waals surface area contributed by atoms with Crippen LogP contribution in [0.3, 0.4) is 0 Å². The maximum absolute atomic E-state index is 14.5. The van der Waals surface area contributed by atoms with Crippen LogP contribution in [-0.2, 0) is 29.0 Å². The lowest BCUT2D eigenvalue weighted by atomic mass is 9.80. The van der Waals surface area contributed by atoms with E-state index in [9.17, 15) is 4.79 Å². The third-order valence-corrected chi connectivity index (χ3v) is 8.20. The fourth-order valence-electron chi connectivity index (χ4n) is 5.16. The van der Waals surface area contributed by atoms with Crippen molar-refractivity contribution >= 4 is 27.7 Å². The van der Waals surface area contributed by atoms with Gasteiger partial charge in [-0.1, -0.05) is 93.8 Å². The number of nitrogens with one attached hydrogen (secondary N) is 2. The molecule has 0 fully saturated rings. The van der Waals surface area contributed by atoms with Gasteiger partial charge in [-0.2, -0.15) is 0 Å². The number of aliphatic imine (C=N–C) groups is 1. The molecule has 0 aromatic heterocycles. The van der Waals surface area contributed by atoms with E-state index >= 15 is 0 Å². The maximum Gasteiger partial charge on any atom is 0.266 e. The van der Waals surface area contributed by atoms with Crippen LogP contribution in [0.4, 0.5) is 0 Å². The number of carbonyl (C=O) groups excluding carboxylic acids is 1. The molecule has 4 aromatic carbocycles. The summed E-state index contributed by atoms with van der Waals surface area (Å²) in [5.41, 5.74) is 17.6. The van der Waals surface area contributed by atoms with Gasteiger partial charge in [0.15, 0.2) is 11.6 Å². The number of amides is 1. The summed E-state index contributed by atoms with van der Waals surface area (Å²) in [5.74, 6) is 0.562. The number of aliphatic hydroxyl groups is 1. The van der Waals surface area contributed by atoms with E-state index in [-0.39, 0.29) is 25.5 Å². The van der Waals surface area contributed by atoms with Crippen molar-refractivity contribution in [2.45, 2.75) is 37.6 Å². The van der Waals surface area contributed by atoms with E-state index in [2.05, 4.69) is 36.8 Å². The van der Waals surface area contributed by atoms with Crippen LogP contribution in [0.15, 0.2) is 118 Å². The molecule has 1 heterocycles. The topological polar surface area (TPSA) is 141 Å². The summed E-state index contributed by atoms with van der Waals surface area (Å²) in [4.78, 5) is 22.5. The number of rotatable bonds is 14. The van der Waals surface area contributed by atoms with Gasteiger partial charge in [-0.25, -0.2) is 10.4 Å². The summed E-state index contributed by atoms with van der Waals surface area (Å²) in [5, 5.41) is 12.9. The van der Waals surface area contributed by atoms with Crippen molar-refractivity contribution in [2.24, 2.45) is 10.1 Å². The number of halogens is 1. The largest absolute Gasteiger partial charge is 0.494 e. The number of benzene rings is 4. The molecule has 4 aromatic rings. The summed E-state index contributed by atoms with van der Waals surface area (Å²) in [6.45, 7) is 0.932. The van der Waals surface area contributed by atoms with Gasteiger partial charge in [0, 0.05) is 40.9 Å². The van der Waals surface area contributed by atoms with Crippen LogP contribution in [0.25, 0.3) is 10.4 Å². The second-order valence-electron chi connectivity index (χ2n) is 10.4. The number of carbonyl (C=O) groups is 1. The average Bonchev–Trinajstić information content (AvgIpc) is 3.46. The van der Waals surface area contributed by atoms with Crippen molar-refractivity contribution in [3.8, 4) is 5.75 Å². The zero-order valence-corrected chi connectivity index (χ0v) is 26.1. The Morgan fingerprint density at radius 1 is 1.00 bits per heavy atom. The lowest BCUT2D eigenvalue weighted by molar-refractivity contribution is -0.130. The van der Waals surface area contributed by atoms with E-state index in [1.165, 1.54) is 0 Å². The quantitative estimate of drug-likeness (QED) is 0.0473. The zero-order chi connectivity index (χ0) is 31.5. The Morgan fingerprint density at radius 3 is 2.44 bits per heavy atom. The Balaban J connectivity index is 1.57. The molecule has 0 aliphatic carbocycles. The molecule has 1 aliphatic rings. The van der Waals surface area contributed by atoms with Gasteiger partial charge in [-0.05, 0) is 58.1 Å². The van der Waals surface area contributed by atoms with E-state index in [4.69, 9.17) is 25.1 Å². The van der Waals surface area contributed by atoms with Gasteiger partial charge < -0.3 is 14.6 Å². The van der Waals surface area contributed by atoms with E-state index < -0.39 is 11.6 Å². The van der Waals surface area contributed by atoms with Crippen LogP contribution in [0.2, 0.25) is 0 Å². The van der Waals surface area contributed by atoms with Crippen LogP contribution in [0.5, 0.6) is 5.75 Å². The van der Waals surface area contributed by atoms with Gasteiger partial charge >= 0.3 is 0 Å². The fraction of sp³-hybridized carbons (Fsp3) is 0.235. The lowest BCUT2D eigenvalue weighted by Crippen LogP contribution is -2.53. The molecular weight excluding hydrogens is 636 g/mol. The highest BCUT2D eigenvalue weighted by Gasteiger charge is 2.54. The van der Waals surface area contributed by atoms with Crippen LogP contribution in [0, 0.1) is 0 Å². The second kappa shape index (κ2) is 15.4. The summed E-state index contributed by atoms with van der Waals surface area (Å²) in [7, 11) is 0.